The van der Waals surface area contributed by atoms with Gasteiger partial charge in [0.2, 0.25) is 5.91 Å². The van der Waals surface area contributed by atoms with Gasteiger partial charge in [-0.2, -0.15) is 0 Å². The molecule has 0 spiro atoms. The largest absolute Gasteiger partial charge is 0.497 e. The monoisotopic (exact) mass is 428 g/mol. The van der Waals surface area contributed by atoms with Gasteiger partial charge >= 0.3 is 0 Å². The minimum Gasteiger partial charge on any atom is -0.497 e. The van der Waals surface area contributed by atoms with E-state index in [0.717, 1.165) is 15.1 Å². The number of amides is 1. The van der Waals surface area contributed by atoms with Gasteiger partial charge in [-0.15, -0.1) is 11.8 Å². The first kappa shape index (κ1) is 19.5. The summed E-state index contributed by atoms with van der Waals surface area (Å²) in [6, 6.07) is 15.3. The smallest absolute Gasteiger partial charge is 0.239 e. The van der Waals surface area contributed by atoms with Crippen molar-refractivity contribution in [1.82, 2.24) is 4.98 Å². The van der Waals surface area contributed by atoms with Crippen LogP contribution in [0.25, 0.3) is 10.2 Å². The second kappa shape index (κ2) is 8.67. The number of carbonyl (C=O) groups is 1. The predicted octanol–water partition coefficient (Wildman–Crippen LogP) is 5.36. The lowest BCUT2D eigenvalue weighted by Gasteiger charge is -2.18. The summed E-state index contributed by atoms with van der Waals surface area (Å²) < 4.78 is 24.8. The summed E-state index contributed by atoms with van der Waals surface area (Å²) in [4.78, 5) is 20.1. The average Bonchev–Trinajstić information content (AvgIpc) is 3.40. The van der Waals surface area contributed by atoms with Gasteiger partial charge in [-0.25, -0.2) is 9.37 Å². The third-order valence-corrected chi connectivity index (χ3v) is 6.24. The van der Waals surface area contributed by atoms with Gasteiger partial charge < -0.3 is 9.15 Å². The van der Waals surface area contributed by atoms with Gasteiger partial charge in [0.15, 0.2) is 5.13 Å². The molecule has 0 N–H and O–H groups in total. The Morgan fingerprint density at radius 3 is 2.79 bits per heavy atom. The zero-order chi connectivity index (χ0) is 20.2. The maximum atomic E-state index is 13.1. The molecule has 0 saturated heterocycles. The van der Waals surface area contributed by atoms with Crippen LogP contribution >= 0.6 is 23.1 Å². The molecule has 0 aliphatic heterocycles. The van der Waals surface area contributed by atoms with Crippen LogP contribution in [0.15, 0.2) is 70.2 Å². The Morgan fingerprint density at radius 2 is 2.07 bits per heavy atom. The van der Waals surface area contributed by atoms with E-state index in [1.54, 1.807) is 36.5 Å². The van der Waals surface area contributed by atoms with Crippen LogP contribution in [0.5, 0.6) is 5.75 Å². The van der Waals surface area contributed by atoms with Gasteiger partial charge in [0.1, 0.15) is 17.3 Å². The molecule has 0 aliphatic carbocycles. The molecule has 0 fully saturated rings. The number of hydrogen-bond donors (Lipinski definition) is 0. The van der Waals surface area contributed by atoms with Crippen molar-refractivity contribution < 1.29 is 18.3 Å². The quantitative estimate of drug-likeness (QED) is 0.371. The van der Waals surface area contributed by atoms with E-state index in [1.807, 2.05) is 24.3 Å². The maximum absolute atomic E-state index is 13.1. The van der Waals surface area contributed by atoms with Gasteiger partial charge in [0.05, 0.1) is 35.9 Å². The number of benzene rings is 2. The molecule has 4 rings (SSSR count). The normalized spacial score (nSPS) is 11.0. The van der Waals surface area contributed by atoms with Crippen LogP contribution in [0.2, 0.25) is 0 Å². The number of thioether (sulfide) groups is 1. The minimum absolute atomic E-state index is 0.109. The molecule has 4 aromatic rings. The average molecular weight is 429 g/mol. The van der Waals surface area contributed by atoms with Crippen molar-refractivity contribution >= 4 is 44.4 Å². The molecule has 2 aromatic heterocycles. The van der Waals surface area contributed by atoms with Gasteiger partial charge in [-0.1, -0.05) is 11.3 Å². The first-order valence-electron chi connectivity index (χ1n) is 8.78. The summed E-state index contributed by atoms with van der Waals surface area (Å²) in [5.41, 5.74) is 0.771. The molecule has 0 saturated carbocycles. The van der Waals surface area contributed by atoms with Crippen molar-refractivity contribution in [2.24, 2.45) is 0 Å². The fourth-order valence-electron chi connectivity index (χ4n) is 2.71. The number of ether oxygens (including phenoxy) is 1. The molecule has 2 heterocycles. The Labute approximate surface area is 175 Å². The van der Waals surface area contributed by atoms with Crippen molar-refractivity contribution in [1.29, 1.82) is 0 Å². The lowest BCUT2D eigenvalue weighted by Crippen LogP contribution is -2.31. The van der Waals surface area contributed by atoms with E-state index < -0.39 is 0 Å². The van der Waals surface area contributed by atoms with Crippen molar-refractivity contribution in [3.05, 3.63) is 72.4 Å². The van der Waals surface area contributed by atoms with Crippen molar-refractivity contribution in [3.63, 3.8) is 0 Å². The summed E-state index contributed by atoms with van der Waals surface area (Å²) in [5.74, 6) is 1.17. The summed E-state index contributed by atoms with van der Waals surface area (Å²) >= 11 is 2.79. The Balaban J connectivity index is 1.58. The van der Waals surface area contributed by atoms with Gasteiger partial charge in [0.25, 0.3) is 0 Å². The SMILES string of the molecule is COc1ccc2sc(N(Cc3ccco3)C(=O)CSc3ccc(F)cc3)nc2c1. The fraction of sp³-hybridized carbons (Fsp3) is 0.143. The Hall–Kier alpha value is -2.84. The third-order valence-electron chi connectivity index (χ3n) is 4.19. The number of furan rings is 1. The van der Waals surface area contributed by atoms with E-state index in [-0.39, 0.29) is 24.0 Å². The minimum atomic E-state index is -0.301. The predicted molar refractivity (Wildman–Crippen MR) is 113 cm³/mol. The molecule has 8 heteroatoms. The van der Waals surface area contributed by atoms with Crippen LogP contribution in [0.4, 0.5) is 9.52 Å². The number of thiazole rings is 1. The van der Waals surface area contributed by atoms with Gasteiger partial charge in [-0.05, 0) is 48.5 Å². The molecule has 1 amide bonds. The van der Waals surface area contributed by atoms with Crippen molar-refractivity contribution in [2.75, 3.05) is 17.8 Å². The fourth-order valence-corrected chi connectivity index (χ4v) is 4.45. The topological polar surface area (TPSA) is 55.6 Å². The van der Waals surface area contributed by atoms with E-state index in [4.69, 9.17) is 9.15 Å². The van der Waals surface area contributed by atoms with Crippen LogP contribution in [0.3, 0.4) is 0 Å². The van der Waals surface area contributed by atoms with E-state index in [0.29, 0.717) is 16.6 Å². The van der Waals surface area contributed by atoms with E-state index >= 15 is 0 Å². The number of aromatic nitrogens is 1. The van der Waals surface area contributed by atoms with Crippen LogP contribution in [-0.4, -0.2) is 23.8 Å². The van der Waals surface area contributed by atoms with Crippen LogP contribution in [-0.2, 0) is 11.3 Å². The number of halogens is 1. The zero-order valence-electron chi connectivity index (χ0n) is 15.5. The van der Waals surface area contributed by atoms with Crippen molar-refractivity contribution in [3.8, 4) is 5.75 Å². The highest BCUT2D eigenvalue weighted by Crippen LogP contribution is 2.32. The van der Waals surface area contributed by atoms with Crippen LogP contribution in [0, 0.1) is 5.82 Å². The van der Waals surface area contributed by atoms with Crippen LogP contribution < -0.4 is 9.64 Å². The number of carbonyl (C=O) groups excluding carboxylic acids is 1. The Bertz CT molecular complexity index is 1110. The standard InChI is InChI=1S/C21H17FN2O3S2/c1-26-15-6-9-19-18(11-15)23-21(29-19)24(12-16-3-2-10-27-16)20(25)13-28-17-7-4-14(22)5-8-17/h2-11H,12-13H2,1H3. The Kier molecular flexibility index (Phi) is 5.82. The first-order valence-corrected chi connectivity index (χ1v) is 10.6. The van der Waals surface area contributed by atoms with Crippen LogP contribution in [0.1, 0.15) is 5.76 Å². The molecule has 0 radical (unpaired) electrons. The molecule has 29 heavy (non-hydrogen) atoms. The number of nitrogens with zero attached hydrogens (tertiary/aromatic N) is 2. The van der Waals surface area contributed by atoms with Crippen molar-refractivity contribution in [2.45, 2.75) is 11.4 Å². The molecule has 0 atom stereocenters. The summed E-state index contributed by atoms with van der Waals surface area (Å²) in [6.07, 6.45) is 1.58. The third kappa shape index (κ3) is 4.60. The lowest BCUT2D eigenvalue weighted by molar-refractivity contribution is -0.116. The molecule has 0 aliphatic rings. The maximum Gasteiger partial charge on any atom is 0.239 e. The molecular weight excluding hydrogens is 411 g/mol. The van der Waals surface area contributed by atoms with Gasteiger partial charge in [0, 0.05) is 11.0 Å². The molecular formula is C21H17FN2O3S2. The molecule has 0 bridgehead atoms. The number of anilines is 1. The zero-order valence-corrected chi connectivity index (χ0v) is 17.1. The second-order valence-corrected chi connectivity index (χ2v) is 8.19. The number of methoxy groups -OCH3 is 1. The van der Waals surface area contributed by atoms with E-state index in [2.05, 4.69) is 4.98 Å². The molecule has 148 valence electrons. The first-order chi connectivity index (χ1) is 14.1. The summed E-state index contributed by atoms with van der Waals surface area (Å²) in [5, 5.41) is 0.592. The molecule has 5 nitrogen and oxygen atoms in total. The molecule has 2 aromatic carbocycles. The van der Waals surface area contributed by atoms with Gasteiger partial charge in [-0.3, -0.25) is 9.69 Å². The van der Waals surface area contributed by atoms with E-state index in [1.165, 1.54) is 35.2 Å². The second-order valence-electron chi connectivity index (χ2n) is 6.13. The lowest BCUT2D eigenvalue weighted by atomic mass is 10.3. The summed E-state index contributed by atoms with van der Waals surface area (Å²) in [6.45, 7) is 0.284. The Morgan fingerprint density at radius 1 is 1.24 bits per heavy atom. The summed E-state index contributed by atoms with van der Waals surface area (Å²) in [7, 11) is 1.61. The number of hydrogen-bond acceptors (Lipinski definition) is 6. The highest BCUT2D eigenvalue weighted by atomic mass is 32.2. The highest BCUT2D eigenvalue weighted by Gasteiger charge is 2.21. The number of fused-ring (bicyclic) bond motifs is 1. The highest BCUT2D eigenvalue weighted by molar-refractivity contribution is 8.00. The molecule has 0 unspecified atom stereocenters. The van der Waals surface area contributed by atoms with E-state index in [9.17, 15) is 9.18 Å². The number of rotatable bonds is 7.